The van der Waals surface area contributed by atoms with Crippen LogP contribution < -0.4 is 5.32 Å². The predicted molar refractivity (Wildman–Crippen MR) is 70.1 cm³/mol. The third-order valence-electron chi connectivity index (χ3n) is 2.77. The maximum Gasteiger partial charge on any atom is 0.0756 e. The third-order valence-corrected chi connectivity index (χ3v) is 3.50. The van der Waals surface area contributed by atoms with Gasteiger partial charge in [-0.3, -0.25) is 4.68 Å². The lowest BCUT2D eigenvalue weighted by Crippen LogP contribution is -2.26. The zero-order valence-corrected chi connectivity index (χ0v) is 11.1. The molecule has 0 amide bonds. The van der Waals surface area contributed by atoms with E-state index < -0.39 is 0 Å². The van der Waals surface area contributed by atoms with Crippen molar-refractivity contribution in [2.24, 2.45) is 7.05 Å². The van der Waals surface area contributed by atoms with Gasteiger partial charge in [-0.1, -0.05) is 12.1 Å². The molecule has 0 aliphatic heterocycles. The molecule has 4 nitrogen and oxygen atoms in total. The summed E-state index contributed by atoms with van der Waals surface area (Å²) in [5, 5.41) is 15.8. The summed E-state index contributed by atoms with van der Waals surface area (Å²) in [6.45, 7) is 3.19. The maximum absolute atomic E-state index is 4.00. The van der Waals surface area contributed by atoms with Crippen LogP contribution in [0.1, 0.15) is 30.6 Å². The Morgan fingerprint density at radius 2 is 2.41 bits per heavy atom. The predicted octanol–water partition coefficient (Wildman–Crippen LogP) is 2.16. The van der Waals surface area contributed by atoms with Gasteiger partial charge < -0.3 is 5.32 Å². The normalized spacial score (nSPS) is 12.8. The summed E-state index contributed by atoms with van der Waals surface area (Å²) < 4.78 is 1.85. The molecule has 0 saturated carbocycles. The summed E-state index contributed by atoms with van der Waals surface area (Å²) in [6, 6.07) is 2.47. The molecule has 0 saturated heterocycles. The Labute approximate surface area is 106 Å². The molecule has 1 atom stereocenters. The molecule has 0 aliphatic rings. The molecular weight excluding hydrogens is 232 g/mol. The van der Waals surface area contributed by atoms with E-state index in [1.807, 2.05) is 17.9 Å². The van der Waals surface area contributed by atoms with E-state index in [-0.39, 0.29) is 0 Å². The van der Waals surface area contributed by atoms with E-state index in [0.29, 0.717) is 6.04 Å². The Morgan fingerprint density at radius 1 is 1.53 bits per heavy atom. The van der Waals surface area contributed by atoms with Gasteiger partial charge in [-0.25, -0.2) is 0 Å². The highest BCUT2D eigenvalue weighted by atomic mass is 32.1. The molecule has 2 aromatic heterocycles. The van der Waals surface area contributed by atoms with E-state index in [1.54, 1.807) is 11.3 Å². The van der Waals surface area contributed by atoms with Crippen LogP contribution in [0.25, 0.3) is 0 Å². The maximum atomic E-state index is 4.00. The van der Waals surface area contributed by atoms with Crippen molar-refractivity contribution in [3.05, 3.63) is 34.3 Å². The van der Waals surface area contributed by atoms with Gasteiger partial charge >= 0.3 is 0 Å². The smallest absolute Gasteiger partial charge is 0.0756 e. The zero-order valence-electron chi connectivity index (χ0n) is 10.3. The Hall–Kier alpha value is -1.20. The molecule has 92 valence electrons. The summed E-state index contributed by atoms with van der Waals surface area (Å²) in [7, 11) is 1.94. The van der Waals surface area contributed by atoms with Gasteiger partial charge in [-0.15, -0.1) is 5.10 Å². The molecule has 5 heteroatoms. The molecule has 17 heavy (non-hydrogen) atoms. The number of aromatic nitrogens is 3. The minimum Gasteiger partial charge on any atom is -0.308 e. The minimum atomic E-state index is 0.296. The average molecular weight is 250 g/mol. The molecule has 0 spiro atoms. The van der Waals surface area contributed by atoms with Crippen LogP contribution in [-0.2, 0) is 13.5 Å². The molecule has 0 aliphatic carbocycles. The fourth-order valence-electron chi connectivity index (χ4n) is 1.86. The van der Waals surface area contributed by atoms with Crippen LogP contribution in [0.4, 0.5) is 0 Å². The quantitative estimate of drug-likeness (QED) is 0.854. The lowest BCUT2D eigenvalue weighted by atomic mass is 10.1. The highest BCUT2D eigenvalue weighted by Gasteiger charge is 2.15. The van der Waals surface area contributed by atoms with Crippen LogP contribution in [0.3, 0.4) is 0 Å². The molecular formula is C12H18N4S. The van der Waals surface area contributed by atoms with Crippen molar-refractivity contribution in [2.75, 3.05) is 6.54 Å². The lowest BCUT2D eigenvalue weighted by molar-refractivity contribution is 0.492. The van der Waals surface area contributed by atoms with Crippen molar-refractivity contribution in [1.29, 1.82) is 0 Å². The molecule has 0 radical (unpaired) electrons. The van der Waals surface area contributed by atoms with Crippen molar-refractivity contribution in [2.45, 2.75) is 25.8 Å². The first-order valence-corrected chi connectivity index (χ1v) is 6.84. The van der Waals surface area contributed by atoms with E-state index >= 15 is 0 Å². The molecule has 2 rings (SSSR count). The fourth-order valence-corrected chi connectivity index (χ4v) is 2.54. The van der Waals surface area contributed by atoms with Crippen LogP contribution in [0.15, 0.2) is 23.0 Å². The van der Waals surface area contributed by atoms with Gasteiger partial charge in [0.2, 0.25) is 0 Å². The summed E-state index contributed by atoms with van der Waals surface area (Å²) in [5.74, 6) is 0. The second kappa shape index (κ2) is 5.93. The van der Waals surface area contributed by atoms with E-state index in [4.69, 9.17) is 0 Å². The van der Waals surface area contributed by atoms with E-state index in [2.05, 4.69) is 39.4 Å². The molecule has 2 heterocycles. The van der Waals surface area contributed by atoms with Crippen molar-refractivity contribution < 1.29 is 0 Å². The summed E-state index contributed by atoms with van der Waals surface area (Å²) in [6.07, 6.45) is 3.97. The summed E-state index contributed by atoms with van der Waals surface area (Å²) >= 11 is 1.74. The number of rotatable bonds is 6. The molecule has 2 aromatic rings. The second-order valence-corrected chi connectivity index (χ2v) is 4.90. The Balaban J connectivity index is 2.11. The molecule has 0 bridgehead atoms. The first-order valence-electron chi connectivity index (χ1n) is 5.90. The zero-order chi connectivity index (χ0) is 12.1. The van der Waals surface area contributed by atoms with Crippen LogP contribution in [0.5, 0.6) is 0 Å². The molecule has 1 N–H and O–H groups in total. The number of hydrogen-bond donors (Lipinski definition) is 1. The number of aryl methyl sites for hydroxylation is 1. The van der Waals surface area contributed by atoms with Gasteiger partial charge in [-0.2, -0.15) is 11.3 Å². The van der Waals surface area contributed by atoms with Crippen molar-refractivity contribution in [3.63, 3.8) is 0 Å². The highest BCUT2D eigenvalue weighted by Crippen LogP contribution is 2.18. The van der Waals surface area contributed by atoms with Crippen LogP contribution >= 0.6 is 11.3 Å². The Kier molecular flexibility index (Phi) is 4.28. The van der Waals surface area contributed by atoms with E-state index in [1.165, 1.54) is 5.56 Å². The van der Waals surface area contributed by atoms with Gasteiger partial charge in [-0.05, 0) is 41.8 Å². The van der Waals surface area contributed by atoms with Gasteiger partial charge in [0.25, 0.3) is 0 Å². The van der Waals surface area contributed by atoms with Crippen molar-refractivity contribution in [1.82, 2.24) is 20.3 Å². The van der Waals surface area contributed by atoms with Gasteiger partial charge in [0.05, 0.1) is 17.9 Å². The fraction of sp³-hybridized carbons (Fsp3) is 0.500. The number of nitrogens with zero attached hydrogens (tertiary/aromatic N) is 3. The topological polar surface area (TPSA) is 42.7 Å². The summed E-state index contributed by atoms with van der Waals surface area (Å²) in [4.78, 5) is 0. The first-order chi connectivity index (χ1) is 8.31. The lowest BCUT2D eigenvalue weighted by Gasteiger charge is -2.17. The largest absolute Gasteiger partial charge is 0.308 e. The van der Waals surface area contributed by atoms with E-state index in [0.717, 1.165) is 25.1 Å². The highest BCUT2D eigenvalue weighted by molar-refractivity contribution is 7.07. The standard InChI is InChI=1S/C12H18N4S/c1-3-5-13-11(7-10-4-6-17-9-10)12-8-14-15-16(12)2/h4,6,8-9,11,13H,3,5,7H2,1-2H3. The van der Waals surface area contributed by atoms with Gasteiger partial charge in [0.15, 0.2) is 0 Å². The van der Waals surface area contributed by atoms with Crippen molar-refractivity contribution >= 4 is 11.3 Å². The molecule has 0 aromatic carbocycles. The second-order valence-electron chi connectivity index (χ2n) is 4.12. The first kappa shape index (κ1) is 12.3. The van der Waals surface area contributed by atoms with Crippen LogP contribution in [0.2, 0.25) is 0 Å². The SMILES string of the molecule is CCCNC(Cc1ccsc1)c1cnnn1C. The number of hydrogen-bond acceptors (Lipinski definition) is 4. The van der Waals surface area contributed by atoms with E-state index in [9.17, 15) is 0 Å². The Morgan fingerprint density at radius 3 is 3.00 bits per heavy atom. The summed E-state index contributed by atoms with van der Waals surface area (Å²) in [5.41, 5.74) is 2.51. The van der Waals surface area contributed by atoms with Gasteiger partial charge in [0, 0.05) is 7.05 Å². The molecule has 1 unspecified atom stereocenters. The van der Waals surface area contributed by atoms with Crippen LogP contribution in [-0.4, -0.2) is 21.5 Å². The number of thiophene rings is 1. The Bertz CT molecular complexity index is 435. The number of nitrogens with one attached hydrogen (secondary N) is 1. The van der Waals surface area contributed by atoms with Crippen molar-refractivity contribution in [3.8, 4) is 0 Å². The average Bonchev–Trinajstić information content (AvgIpc) is 2.95. The minimum absolute atomic E-state index is 0.296. The van der Waals surface area contributed by atoms with Gasteiger partial charge in [0.1, 0.15) is 0 Å². The molecule has 0 fully saturated rings. The third kappa shape index (κ3) is 3.14. The monoisotopic (exact) mass is 250 g/mol. The van der Waals surface area contributed by atoms with Crippen LogP contribution in [0, 0.1) is 0 Å².